The minimum atomic E-state index is 0.534. The van der Waals surface area contributed by atoms with Gasteiger partial charge in [-0.2, -0.15) is 0 Å². The molecule has 0 saturated carbocycles. The van der Waals surface area contributed by atoms with Gasteiger partial charge >= 0.3 is 0 Å². The van der Waals surface area contributed by atoms with Crippen LogP contribution < -0.4 is 9.47 Å². The van der Waals surface area contributed by atoms with Crippen molar-refractivity contribution >= 4 is 39.4 Å². The molecular formula is C18H18INO2S. The molecule has 0 radical (unpaired) electrons. The molecule has 1 aliphatic heterocycles. The summed E-state index contributed by atoms with van der Waals surface area (Å²) in [6, 6.07) is 14.3. The Hall–Kier alpha value is -1.21. The van der Waals surface area contributed by atoms with Crippen molar-refractivity contribution in [3.63, 3.8) is 0 Å². The highest BCUT2D eigenvalue weighted by Gasteiger charge is 2.17. The summed E-state index contributed by atoms with van der Waals surface area (Å²) < 4.78 is 12.9. The van der Waals surface area contributed by atoms with Crippen molar-refractivity contribution in [1.82, 2.24) is 0 Å². The first-order valence-electron chi connectivity index (χ1n) is 7.58. The molecule has 1 heterocycles. The molecule has 0 saturated heterocycles. The van der Waals surface area contributed by atoms with E-state index >= 15 is 0 Å². The molecule has 0 aliphatic carbocycles. The lowest BCUT2D eigenvalue weighted by atomic mass is 10.2. The molecule has 0 bridgehead atoms. The lowest BCUT2D eigenvalue weighted by Crippen LogP contribution is -2.04. The molecule has 0 N–H and O–H groups in total. The van der Waals surface area contributed by atoms with Crippen molar-refractivity contribution < 1.29 is 9.47 Å². The first-order valence-corrected chi connectivity index (χ1v) is 9.65. The van der Waals surface area contributed by atoms with Crippen LogP contribution in [0.4, 0.5) is 0 Å². The van der Waals surface area contributed by atoms with Crippen molar-refractivity contribution in [2.45, 2.75) is 13.5 Å². The van der Waals surface area contributed by atoms with E-state index in [1.165, 1.54) is 0 Å². The van der Waals surface area contributed by atoms with Gasteiger partial charge in [0.25, 0.3) is 0 Å². The first kappa shape index (κ1) is 16.6. The normalized spacial score (nSPS) is 13.7. The standard InChI is InChI=1S/C18H18INO2S/c1-2-21-16-11-14(18-20-8-9-23-18)10-15(19)17(16)22-12-13-6-4-3-5-7-13/h3-7,10-11H,2,8-9,12H2,1H3. The topological polar surface area (TPSA) is 30.8 Å². The second-order valence-electron chi connectivity index (χ2n) is 5.03. The van der Waals surface area contributed by atoms with Crippen LogP contribution in [0.5, 0.6) is 11.5 Å². The Kier molecular flexibility index (Phi) is 5.83. The van der Waals surface area contributed by atoms with Crippen LogP contribution in [0.15, 0.2) is 47.5 Å². The Labute approximate surface area is 154 Å². The van der Waals surface area contributed by atoms with Crippen molar-refractivity contribution in [2.24, 2.45) is 4.99 Å². The molecule has 5 heteroatoms. The van der Waals surface area contributed by atoms with Crippen LogP contribution in [-0.2, 0) is 6.61 Å². The molecule has 23 heavy (non-hydrogen) atoms. The number of hydrogen-bond donors (Lipinski definition) is 0. The Bertz CT molecular complexity index is 704. The highest BCUT2D eigenvalue weighted by atomic mass is 127. The summed E-state index contributed by atoms with van der Waals surface area (Å²) in [7, 11) is 0. The van der Waals surface area contributed by atoms with Gasteiger partial charge in [-0.3, -0.25) is 4.99 Å². The summed E-state index contributed by atoms with van der Waals surface area (Å²) in [6.45, 7) is 4.03. The molecule has 0 amide bonds. The van der Waals surface area contributed by atoms with E-state index in [0.717, 1.165) is 43.5 Å². The molecule has 2 aromatic carbocycles. The van der Waals surface area contributed by atoms with Gasteiger partial charge in [0.05, 0.1) is 15.2 Å². The summed E-state index contributed by atoms with van der Waals surface area (Å²) >= 11 is 4.11. The maximum Gasteiger partial charge on any atom is 0.175 e. The molecule has 3 nitrogen and oxygen atoms in total. The van der Waals surface area contributed by atoms with E-state index in [2.05, 4.69) is 45.8 Å². The second-order valence-corrected chi connectivity index (χ2v) is 7.27. The number of rotatable bonds is 6. The average molecular weight is 439 g/mol. The Balaban J connectivity index is 1.86. The van der Waals surface area contributed by atoms with Crippen LogP contribution in [0.2, 0.25) is 0 Å². The fourth-order valence-corrected chi connectivity index (χ4v) is 3.93. The first-order chi connectivity index (χ1) is 11.3. The number of aliphatic imine (C=N–C) groups is 1. The summed E-state index contributed by atoms with van der Waals surface area (Å²) in [5.41, 5.74) is 2.26. The monoisotopic (exact) mass is 439 g/mol. The summed E-state index contributed by atoms with van der Waals surface area (Å²) in [4.78, 5) is 4.55. The van der Waals surface area contributed by atoms with Crippen LogP contribution in [0.25, 0.3) is 0 Å². The van der Waals surface area contributed by atoms with Gasteiger partial charge in [-0.25, -0.2) is 0 Å². The average Bonchev–Trinajstić information content (AvgIpc) is 3.09. The van der Waals surface area contributed by atoms with Crippen LogP contribution >= 0.6 is 34.4 Å². The molecular weight excluding hydrogens is 421 g/mol. The zero-order valence-corrected chi connectivity index (χ0v) is 15.9. The molecule has 0 atom stereocenters. The van der Waals surface area contributed by atoms with E-state index in [9.17, 15) is 0 Å². The quantitative estimate of drug-likeness (QED) is 0.609. The molecule has 120 valence electrons. The third-order valence-corrected chi connectivity index (χ3v) is 5.19. The third-order valence-electron chi connectivity index (χ3n) is 3.37. The fraction of sp³-hybridized carbons (Fsp3) is 0.278. The van der Waals surface area contributed by atoms with Crippen molar-refractivity contribution in [3.05, 3.63) is 57.2 Å². The van der Waals surface area contributed by atoms with Gasteiger partial charge in [0.2, 0.25) is 0 Å². The van der Waals surface area contributed by atoms with Gasteiger partial charge in [0.1, 0.15) is 6.61 Å². The largest absolute Gasteiger partial charge is 0.490 e. The van der Waals surface area contributed by atoms with E-state index < -0.39 is 0 Å². The van der Waals surface area contributed by atoms with Gasteiger partial charge in [0, 0.05) is 17.9 Å². The maximum atomic E-state index is 6.05. The van der Waals surface area contributed by atoms with Crippen molar-refractivity contribution in [3.8, 4) is 11.5 Å². The number of thioether (sulfide) groups is 1. The molecule has 3 rings (SSSR count). The molecule has 0 spiro atoms. The molecule has 0 aromatic heterocycles. The van der Waals surface area contributed by atoms with E-state index in [4.69, 9.17) is 9.47 Å². The lowest BCUT2D eigenvalue weighted by Gasteiger charge is -2.15. The third kappa shape index (κ3) is 4.20. The predicted molar refractivity (Wildman–Crippen MR) is 105 cm³/mol. The predicted octanol–water partition coefficient (Wildman–Crippen LogP) is 4.76. The molecule has 0 fully saturated rings. The Morgan fingerprint density at radius 1 is 1.17 bits per heavy atom. The number of hydrogen-bond acceptors (Lipinski definition) is 4. The fourth-order valence-electron chi connectivity index (χ4n) is 2.33. The van der Waals surface area contributed by atoms with Gasteiger partial charge < -0.3 is 9.47 Å². The zero-order chi connectivity index (χ0) is 16.1. The van der Waals surface area contributed by atoms with Crippen LogP contribution in [0, 0.1) is 3.57 Å². The highest BCUT2D eigenvalue weighted by molar-refractivity contribution is 14.1. The van der Waals surface area contributed by atoms with Gasteiger partial charge in [-0.15, -0.1) is 11.8 Å². The number of ether oxygens (including phenoxy) is 2. The summed E-state index contributed by atoms with van der Waals surface area (Å²) in [6.07, 6.45) is 0. The number of benzene rings is 2. The minimum Gasteiger partial charge on any atom is -0.490 e. The molecule has 1 aliphatic rings. The highest BCUT2D eigenvalue weighted by Crippen LogP contribution is 2.36. The van der Waals surface area contributed by atoms with E-state index in [-0.39, 0.29) is 0 Å². The molecule has 2 aromatic rings. The second kappa shape index (κ2) is 8.06. The van der Waals surface area contributed by atoms with Crippen LogP contribution in [0.1, 0.15) is 18.1 Å². The summed E-state index contributed by atoms with van der Waals surface area (Å²) in [5.74, 6) is 2.66. The SMILES string of the molecule is CCOc1cc(C2=NCCS2)cc(I)c1OCc1ccccc1. The van der Waals surface area contributed by atoms with Crippen molar-refractivity contribution in [2.75, 3.05) is 18.9 Å². The smallest absolute Gasteiger partial charge is 0.175 e. The van der Waals surface area contributed by atoms with Crippen molar-refractivity contribution in [1.29, 1.82) is 0 Å². The lowest BCUT2D eigenvalue weighted by molar-refractivity contribution is 0.267. The Morgan fingerprint density at radius 3 is 2.70 bits per heavy atom. The number of halogens is 1. The summed E-state index contributed by atoms with van der Waals surface area (Å²) in [5, 5.41) is 1.10. The van der Waals surface area contributed by atoms with E-state index in [1.807, 2.05) is 31.2 Å². The zero-order valence-electron chi connectivity index (χ0n) is 12.9. The maximum absolute atomic E-state index is 6.05. The number of nitrogens with zero attached hydrogens (tertiary/aromatic N) is 1. The van der Waals surface area contributed by atoms with Gasteiger partial charge in [-0.05, 0) is 47.2 Å². The van der Waals surface area contributed by atoms with E-state index in [1.54, 1.807) is 11.8 Å². The van der Waals surface area contributed by atoms with Gasteiger partial charge in [0.15, 0.2) is 11.5 Å². The molecule has 0 unspecified atom stereocenters. The Morgan fingerprint density at radius 2 is 2.00 bits per heavy atom. The minimum absolute atomic E-state index is 0.534. The van der Waals surface area contributed by atoms with Crippen LogP contribution in [0.3, 0.4) is 0 Å². The van der Waals surface area contributed by atoms with Crippen LogP contribution in [-0.4, -0.2) is 23.9 Å². The van der Waals surface area contributed by atoms with E-state index in [0.29, 0.717) is 13.2 Å². The van der Waals surface area contributed by atoms with Gasteiger partial charge in [-0.1, -0.05) is 30.3 Å².